The third-order valence-electron chi connectivity index (χ3n) is 4.12. The van der Waals surface area contributed by atoms with Crippen LogP contribution in [0.25, 0.3) is 22.6 Å². The lowest BCUT2D eigenvalue weighted by Crippen LogP contribution is -2.37. The van der Waals surface area contributed by atoms with Crippen molar-refractivity contribution in [1.82, 2.24) is 10.3 Å². The first-order valence-corrected chi connectivity index (χ1v) is 9.81. The summed E-state index contributed by atoms with van der Waals surface area (Å²) in [7, 11) is 0. The van der Waals surface area contributed by atoms with Crippen molar-refractivity contribution in [2.45, 2.75) is 0 Å². The topological polar surface area (TPSA) is 76.4 Å². The Morgan fingerprint density at radius 2 is 1.83 bits per heavy atom. The van der Waals surface area contributed by atoms with E-state index in [1.165, 1.54) is 0 Å². The molecule has 0 atom stereocenters. The molecule has 1 aromatic heterocycles. The van der Waals surface area contributed by atoms with Gasteiger partial charge in [-0.05, 0) is 54.7 Å². The van der Waals surface area contributed by atoms with E-state index in [4.69, 9.17) is 33.0 Å². The number of rotatable bonds is 5. The molecule has 0 bridgehead atoms. The van der Waals surface area contributed by atoms with Crippen molar-refractivity contribution in [1.29, 1.82) is 0 Å². The molecule has 0 aliphatic carbocycles. The van der Waals surface area contributed by atoms with Gasteiger partial charge in [0.25, 0.3) is 5.91 Å². The highest BCUT2D eigenvalue weighted by atomic mass is 35.5. The van der Waals surface area contributed by atoms with Crippen molar-refractivity contribution in [2.24, 2.45) is 0 Å². The maximum atomic E-state index is 12.1. The molecule has 0 saturated carbocycles. The van der Waals surface area contributed by atoms with Gasteiger partial charge in [-0.1, -0.05) is 41.9 Å². The summed E-state index contributed by atoms with van der Waals surface area (Å²) < 4.78 is 11.2. The van der Waals surface area contributed by atoms with Gasteiger partial charge >= 0.3 is 0 Å². The second-order valence-electron chi connectivity index (χ2n) is 6.29. The number of hydrogen-bond donors (Lipinski definition) is 2. The fourth-order valence-corrected chi connectivity index (χ4v) is 3.12. The lowest BCUT2D eigenvalue weighted by Gasteiger charge is -2.12. The Labute approximate surface area is 182 Å². The molecular formula is C22H16ClN3O3S. The van der Waals surface area contributed by atoms with Gasteiger partial charge in [-0.3, -0.25) is 10.1 Å². The number of carbonyl (C=O) groups is 1. The molecule has 0 radical (unpaired) electrons. The van der Waals surface area contributed by atoms with Crippen molar-refractivity contribution >= 4 is 51.6 Å². The first kappa shape index (κ1) is 19.9. The maximum absolute atomic E-state index is 12.1. The van der Waals surface area contributed by atoms with Crippen LogP contribution in [0.15, 0.2) is 77.2 Å². The number of para-hydroxylation sites is 3. The van der Waals surface area contributed by atoms with Gasteiger partial charge in [0, 0.05) is 5.56 Å². The molecule has 0 saturated heterocycles. The summed E-state index contributed by atoms with van der Waals surface area (Å²) in [5.41, 5.74) is 2.70. The van der Waals surface area contributed by atoms with Crippen LogP contribution in [0.3, 0.4) is 0 Å². The fraction of sp³-hybridized carbons (Fsp3) is 0.0455. The number of nitrogens with zero attached hydrogens (tertiary/aromatic N) is 1. The number of anilines is 1. The van der Waals surface area contributed by atoms with Crippen LogP contribution in [0.4, 0.5) is 5.69 Å². The Morgan fingerprint density at radius 3 is 2.63 bits per heavy atom. The highest BCUT2D eigenvalue weighted by Crippen LogP contribution is 2.30. The number of fused-ring (bicyclic) bond motifs is 1. The van der Waals surface area contributed by atoms with E-state index in [0.29, 0.717) is 27.9 Å². The molecule has 0 aliphatic heterocycles. The van der Waals surface area contributed by atoms with Gasteiger partial charge in [0.05, 0.1) is 10.7 Å². The molecule has 8 heteroatoms. The van der Waals surface area contributed by atoms with E-state index in [2.05, 4.69) is 15.6 Å². The summed E-state index contributed by atoms with van der Waals surface area (Å²) in [6.07, 6.45) is 0. The smallest absolute Gasteiger partial charge is 0.264 e. The summed E-state index contributed by atoms with van der Waals surface area (Å²) in [6, 6.07) is 21.8. The average Bonchev–Trinajstić information content (AvgIpc) is 3.19. The van der Waals surface area contributed by atoms with E-state index in [1.54, 1.807) is 30.3 Å². The summed E-state index contributed by atoms with van der Waals surface area (Å²) in [4.78, 5) is 16.5. The maximum Gasteiger partial charge on any atom is 0.264 e. The van der Waals surface area contributed by atoms with Gasteiger partial charge in [0.1, 0.15) is 11.3 Å². The quantitative estimate of drug-likeness (QED) is 0.426. The molecule has 1 heterocycles. The third-order valence-corrected chi connectivity index (χ3v) is 4.66. The first-order valence-electron chi connectivity index (χ1n) is 9.03. The molecular weight excluding hydrogens is 422 g/mol. The predicted molar refractivity (Wildman–Crippen MR) is 121 cm³/mol. The monoisotopic (exact) mass is 437 g/mol. The molecule has 0 aliphatic rings. The fourth-order valence-electron chi connectivity index (χ4n) is 2.73. The Hall–Kier alpha value is -3.42. The van der Waals surface area contributed by atoms with Crippen molar-refractivity contribution in [3.05, 3.63) is 77.8 Å². The van der Waals surface area contributed by atoms with Crippen LogP contribution in [0.1, 0.15) is 0 Å². The highest BCUT2D eigenvalue weighted by molar-refractivity contribution is 7.80. The predicted octanol–water partition coefficient (Wildman–Crippen LogP) is 5.04. The largest absolute Gasteiger partial charge is 0.484 e. The van der Waals surface area contributed by atoms with E-state index in [1.807, 2.05) is 42.5 Å². The van der Waals surface area contributed by atoms with E-state index in [0.717, 1.165) is 11.1 Å². The van der Waals surface area contributed by atoms with Gasteiger partial charge in [0.15, 0.2) is 17.3 Å². The minimum absolute atomic E-state index is 0.105. The molecule has 1 amide bonds. The van der Waals surface area contributed by atoms with Crippen LogP contribution in [0, 0.1) is 0 Å². The lowest BCUT2D eigenvalue weighted by atomic mass is 10.2. The summed E-state index contributed by atoms with van der Waals surface area (Å²) >= 11 is 11.5. The van der Waals surface area contributed by atoms with Crippen LogP contribution >= 0.6 is 23.8 Å². The van der Waals surface area contributed by atoms with Gasteiger partial charge in [0.2, 0.25) is 5.89 Å². The molecule has 4 rings (SSSR count). The van der Waals surface area contributed by atoms with Gasteiger partial charge < -0.3 is 14.5 Å². The summed E-state index contributed by atoms with van der Waals surface area (Å²) in [6.45, 7) is -0.164. The molecule has 0 unspecified atom stereocenters. The second kappa shape index (κ2) is 8.94. The van der Waals surface area contributed by atoms with E-state index < -0.39 is 0 Å². The number of thiocarbonyl (C=S) groups is 1. The van der Waals surface area contributed by atoms with Crippen LogP contribution in [-0.4, -0.2) is 22.6 Å². The molecule has 0 fully saturated rings. The molecule has 3 aromatic carbocycles. The van der Waals surface area contributed by atoms with Crippen molar-refractivity contribution in [2.75, 3.05) is 11.9 Å². The first-order chi connectivity index (χ1) is 14.6. The standard InChI is InChI=1S/C22H16ClN3O3S/c23-16-11-10-14(21-24-17-8-4-5-9-19(17)29-21)12-18(16)25-22(30)26-20(27)13-28-15-6-2-1-3-7-15/h1-12H,13H2,(H2,25,26,27,30). The normalized spacial score (nSPS) is 10.6. The molecule has 4 aromatic rings. The molecule has 150 valence electrons. The minimum atomic E-state index is -0.386. The van der Waals surface area contributed by atoms with E-state index >= 15 is 0 Å². The van der Waals surface area contributed by atoms with Crippen molar-refractivity contribution < 1.29 is 13.9 Å². The zero-order valence-corrected chi connectivity index (χ0v) is 17.2. The molecule has 6 nitrogen and oxygen atoms in total. The molecule has 0 spiro atoms. The van der Waals surface area contributed by atoms with Crippen LogP contribution in [0.5, 0.6) is 5.75 Å². The van der Waals surface area contributed by atoms with E-state index in [-0.39, 0.29) is 17.6 Å². The Balaban J connectivity index is 1.41. The third kappa shape index (κ3) is 4.76. The van der Waals surface area contributed by atoms with Crippen LogP contribution < -0.4 is 15.4 Å². The number of nitrogens with one attached hydrogen (secondary N) is 2. The van der Waals surface area contributed by atoms with E-state index in [9.17, 15) is 4.79 Å². The zero-order chi connectivity index (χ0) is 20.9. The summed E-state index contributed by atoms with van der Waals surface area (Å²) in [5, 5.41) is 6.03. The number of aromatic nitrogens is 1. The van der Waals surface area contributed by atoms with Crippen LogP contribution in [-0.2, 0) is 4.79 Å². The van der Waals surface area contributed by atoms with Crippen molar-refractivity contribution in [3.63, 3.8) is 0 Å². The number of carbonyl (C=O) groups excluding carboxylic acids is 1. The lowest BCUT2D eigenvalue weighted by molar-refractivity contribution is -0.121. The number of amides is 1. The number of halogens is 1. The van der Waals surface area contributed by atoms with Crippen molar-refractivity contribution in [3.8, 4) is 17.2 Å². The molecule has 30 heavy (non-hydrogen) atoms. The number of oxazole rings is 1. The SMILES string of the molecule is O=C(COc1ccccc1)NC(=S)Nc1cc(-c2nc3ccccc3o2)ccc1Cl. The average molecular weight is 438 g/mol. The van der Waals surface area contributed by atoms with Crippen LogP contribution in [0.2, 0.25) is 5.02 Å². The Bertz CT molecular complexity index is 1180. The highest BCUT2D eigenvalue weighted by Gasteiger charge is 2.12. The Kier molecular flexibility index (Phi) is 5.92. The van der Waals surface area contributed by atoms with Gasteiger partial charge in [-0.25, -0.2) is 4.98 Å². The Morgan fingerprint density at radius 1 is 1.07 bits per heavy atom. The summed E-state index contributed by atoms with van der Waals surface area (Å²) in [5.74, 6) is 0.672. The number of benzene rings is 3. The number of ether oxygens (including phenoxy) is 1. The van der Waals surface area contributed by atoms with Gasteiger partial charge in [-0.15, -0.1) is 0 Å². The van der Waals surface area contributed by atoms with Gasteiger partial charge in [-0.2, -0.15) is 0 Å². The zero-order valence-electron chi connectivity index (χ0n) is 15.6. The number of hydrogen-bond acceptors (Lipinski definition) is 5. The molecule has 2 N–H and O–H groups in total. The second-order valence-corrected chi connectivity index (χ2v) is 7.10. The minimum Gasteiger partial charge on any atom is -0.484 e.